The Bertz CT molecular complexity index is 342. The van der Waals surface area contributed by atoms with Crippen LogP contribution in [0, 0.1) is 0 Å². The molecule has 0 heterocycles. The molecular weight excluding hydrogens is 276 g/mol. The first kappa shape index (κ1) is 18.7. The fourth-order valence-electron chi connectivity index (χ4n) is 2.82. The van der Waals surface area contributed by atoms with Crippen LogP contribution in [0.15, 0.2) is 22.5 Å². The van der Waals surface area contributed by atoms with Crippen LogP contribution in [0.3, 0.4) is 0 Å². The summed E-state index contributed by atoms with van der Waals surface area (Å²) >= 11 is 0. The topological polar surface area (TPSA) is 79.8 Å². The van der Waals surface area contributed by atoms with E-state index in [4.69, 9.17) is 5.73 Å². The molecule has 1 aliphatic carbocycles. The summed E-state index contributed by atoms with van der Waals surface area (Å²) in [6.07, 6.45) is 20.7. The van der Waals surface area contributed by atoms with Gasteiger partial charge in [-0.3, -0.25) is 0 Å². The van der Waals surface area contributed by atoms with Crippen molar-refractivity contribution in [1.82, 2.24) is 5.43 Å². The summed E-state index contributed by atoms with van der Waals surface area (Å²) in [6, 6.07) is -0.426. The zero-order chi connectivity index (χ0) is 15.9. The lowest BCUT2D eigenvalue weighted by Gasteiger charge is -2.11. The van der Waals surface area contributed by atoms with Crippen LogP contribution in [0.4, 0.5) is 4.79 Å². The van der Waals surface area contributed by atoms with Crippen molar-refractivity contribution in [3.63, 3.8) is 0 Å². The molecule has 0 aromatic carbocycles. The Labute approximate surface area is 134 Å². The molecule has 22 heavy (non-hydrogen) atoms. The van der Waals surface area contributed by atoms with Gasteiger partial charge < -0.3 is 5.73 Å². The fraction of sp³-hybridized carbons (Fsp3) is 0.824. The van der Waals surface area contributed by atoms with Gasteiger partial charge in [-0.15, -0.1) is 0 Å². The Morgan fingerprint density at radius 2 is 1.36 bits per heavy atom. The zero-order valence-electron chi connectivity index (χ0n) is 13.8. The van der Waals surface area contributed by atoms with Gasteiger partial charge in [-0.05, 0) is 38.5 Å². The largest absolute Gasteiger partial charge is 0.350 e. The second-order valence-electron chi connectivity index (χ2n) is 6.15. The minimum absolute atomic E-state index is 0.222. The number of allylic oxidation sites excluding steroid dienone is 2. The van der Waals surface area contributed by atoms with E-state index < -0.39 is 6.03 Å². The van der Waals surface area contributed by atoms with Crippen molar-refractivity contribution < 1.29 is 4.79 Å². The number of rotatable bonds is 2. The standard InChI is InChI=1S/C17H32N4O/c18-17(22)20-21-19-16-14-12-10-8-6-4-2-1-3-5-7-9-11-13-15-16/h1-2,16H,3-15H2,(H3,18,19,20,22)/b2-1+/t16-/m1/s1. The highest BCUT2D eigenvalue weighted by Crippen LogP contribution is 2.17. The van der Waals surface area contributed by atoms with Gasteiger partial charge in [-0.25, -0.2) is 10.2 Å². The number of primary amides is 1. The van der Waals surface area contributed by atoms with Gasteiger partial charge in [0.2, 0.25) is 0 Å². The number of hydrogen-bond acceptors (Lipinski definition) is 3. The predicted octanol–water partition coefficient (Wildman–Crippen LogP) is 5.03. The highest BCUT2D eigenvalue weighted by molar-refractivity contribution is 5.70. The Hall–Kier alpha value is -1.39. The molecule has 126 valence electrons. The molecule has 0 aromatic heterocycles. The van der Waals surface area contributed by atoms with E-state index in [9.17, 15) is 4.79 Å². The van der Waals surface area contributed by atoms with Crippen LogP contribution >= 0.6 is 0 Å². The highest BCUT2D eigenvalue weighted by atomic mass is 16.2. The lowest BCUT2D eigenvalue weighted by molar-refractivity contribution is 0.248. The molecule has 2 amide bonds. The van der Waals surface area contributed by atoms with E-state index in [1.807, 2.05) is 0 Å². The molecule has 0 aliphatic heterocycles. The molecule has 1 rings (SSSR count). The summed E-state index contributed by atoms with van der Waals surface area (Å²) in [5.74, 6) is 0. The van der Waals surface area contributed by atoms with Crippen molar-refractivity contribution in [3.05, 3.63) is 12.2 Å². The first-order valence-corrected chi connectivity index (χ1v) is 8.89. The molecule has 0 fully saturated rings. The van der Waals surface area contributed by atoms with Gasteiger partial charge in [0.25, 0.3) is 0 Å². The number of hydrogen-bond donors (Lipinski definition) is 2. The summed E-state index contributed by atoms with van der Waals surface area (Å²) < 4.78 is 0. The third kappa shape index (κ3) is 11.3. The van der Waals surface area contributed by atoms with Crippen LogP contribution < -0.4 is 11.2 Å². The smallest absolute Gasteiger partial charge is 0.333 e. The monoisotopic (exact) mass is 308 g/mol. The molecule has 5 nitrogen and oxygen atoms in total. The van der Waals surface area contributed by atoms with Crippen molar-refractivity contribution in [3.8, 4) is 0 Å². The molecule has 3 N–H and O–H groups in total. The Morgan fingerprint density at radius 1 is 0.864 bits per heavy atom. The van der Waals surface area contributed by atoms with E-state index in [-0.39, 0.29) is 6.04 Å². The van der Waals surface area contributed by atoms with Crippen LogP contribution in [-0.4, -0.2) is 12.1 Å². The van der Waals surface area contributed by atoms with E-state index in [1.54, 1.807) is 0 Å². The van der Waals surface area contributed by atoms with Gasteiger partial charge in [-0.2, -0.15) is 5.11 Å². The van der Waals surface area contributed by atoms with Crippen LogP contribution in [0.5, 0.6) is 0 Å². The Kier molecular flexibility index (Phi) is 11.3. The lowest BCUT2D eigenvalue weighted by Crippen LogP contribution is -2.24. The highest BCUT2D eigenvalue weighted by Gasteiger charge is 2.07. The van der Waals surface area contributed by atoms with E-state index in [1.165, 1.54) is 70.6 Å². The van der Waals surface area contributed by atoms with Crippen molar-refractivity contribution in [2.75, 3.05) is 0 Å². The molecule has 0 spiro atoms. The van der Waals surface area contributed by atoms with Crippen LogP contribution in [-0.2, 0) is 0 Å². The molecule has 5 heteroatoms. The maximum Gasteiger partial charge on any atom is 0.333 e. The number of nitrogens with two attached hydrogens (primary N) is 1. The van der Waals surface area contributed by atoms with Gasteiger partial charge in [0.1, 0.15) is 0 Å². The molecule has 0 saturated heterocycles. The summed E-state index contributed by atoms with van der Waals surface area (Å²) in [5, 5.41) is 7.94. The molecule has 0 radical (unpaired) electrons. The van der Waals surface area contributed by atoms with E-state index in [0.29, 0.717) is 0 Å². The summed E-state index contributed by atoms with van der Waals surface area (Å²) in [7, 11) is 0. The van der Waals surface area contributed by atoms with Crippen molar-refractivity contribution in [1.29, 1.82) is 0 Å². The van der Waals surface area contributed by atoms with Crippen LogP contribution in [0.2, 0.25) is 0 Å². The van der Waals surface area contributed by atoms with Crippen molar-refractivity contribution in [2.24, 2.45) is 16.1 Å². The number of amides is 2. The molecule has 0 unspecified atom stereocenters. The molecule has 0 saturated carbocycles. The van der Waals surface area contributed by atoms with E-state index in [0.717, 1.165) is 12.8 Å². The first-order chi connectivity index (χ1) is 10.8. The molecule has 0 bridgehead atoms. The van der Waals surface area contributed by atoms with Gasteiger partial charge >= 0.3 is 6.03 Å². The van der Waals surface area contributed by atoms with E-state index in [2.05, 4.69) is 27.9 Å². The molecule has 0 aromatic rings. The van der Waals surface area contributed by atoms with Crippen molar-refractivity contribution in [2.45, 2.75) is 89.5 Å². The van der Waals surface area contributed by atoms with Gasteiger partial charge in [0, 0.05) is 0 Å². The normalized spacial score (nSPS) is 24.8. The molecular formula is C17H32N4O. The summed E-state index contributed by atoms with van der Waals surface area (Å²) in [4.78, 5) is 10.6. The number of carbonyl (C=O) groups is 1. The second kappa shape index (κ2) is 13.3. The minimum Gasteiger partial charge on any atom is -0.350 e. The Balaban J connectivity index is 2.35. The van der Waals surface area contributed by atoms with Gasteiger partial charge in [0.05, 0.1) is 6.04 Å². The molecule has 1 atom stereocenters. The quantitative estimate of drug-likeness (QED) is 0.418. The fourth-order valence-corrected chi connectivity index (χ4v) is 2.82. The SMILES string of the molecule is NC(=O)NN=N[C@@H]1CCCCCC/C=C/CCCCCCC1. The number of urea groups is 1. The van der Waals surface area contributed by atoms with Crippen LogP contribution in [0.1, 0.15) is 83.5 Å². The third-order valence-electron chi connectivity index (χ3n) is 4.11. The average Bonchev–Trinajstić information content (AvgIpc) is 2.48. The minimum atomic E-state index is -0.648. The van der Waals surface area contributed by atoms with E-state index >= 15 is 0 Å². The maximum atomic E-state index is 10.6. The lowest BCUT2D eigenvalue weighted by atomic mass is 10.0. The van der Waals surface area contributed by atoms with Gasteiger partial charge in [0.15, 0.2) is 0 Å². The first-order valence-electron chi connectivity index (χ1n) is 8.89. The zero-order valence-corrected chi connectivity index (χ0v) is 13.8. The number of nitrogens with zero attached hydrogens (tertiary/aromatic N) is 2. The van der Waals surface area contributed by atoms with Gasteiger partial charge in [-0.1, -0.05) is 62.3 Å². The second-order valence-corrected chi connectivity index (χ2v) is 6.15. The predicted molar refractivity (Wildman–Crippen MR) is 90.5 cm³/mol. The number of carbonyl (C=O) groups excluding carboxylic acids is 1. The van der Waals surface area contributed by atoms with Crippen LogP contribution in [0.25, 0.3) is 0 Å². The number of nitrogens with one attached hydrogen (secondary N) is 1. The maximum absolute atomic E-state index is 10.6. The average molecular weight is 308 g/mol. The Morgan fingerprint density at radius 3 is 1.91 bits per heavy atom. The summed E-state index contributed by atoms with van der Waals surface area (Å²) in [5.41, 5.74) is 7.20. The summed E-state index contributed by atoms with van der Waals surface area (Å²) in [6.45, 7) is 0. The third-order valence-corrected chi connectivity index (χ3v) is 4.11. The molecule has 1 aliphatic rings. The van der Waals surface area contributed by atoms with Crippen molar-refractivity contribution >= 4 is 6.03 Å².